The highest BCUT2D eigenvalue weighted by Gasteiger charge is 2.54. The largest absolute Gasteiger partial charge is 0.163 e. The summed E-state index contributed by atoms with van der Waals surface area (Å²) in [5.41, 5.74) is 1.37. The first-order chi connectivity index (χ1) is 5.47. The molecule has 2 aliphatic carbocycles. The Kier molecular flexibility index (Phi) is 1.04. The maximum atomic E-state index is 4.17. The van der Waals surface area contributed by atoms with Crippen LogP contribution in [-0.2, 0) is 0 Å². The molecule has 1 unspecified atom stereocenters. The Hall–Kier alpha value is -0.660. The van der Waals surface area contributed by atoms with E-state index in [9.17, 15) is 0 Å². The molecule has 2 fully saturated rings. The standard InChI is InChI=1S/C9H12N2/c1-2-6-7(3-1)9(6)8-4-5-10-11-8/h5-7,9H,1-4H2/t6-,7+,9?. The van der Waals surface area contributed by atoms with Crippen LogP contribution in [0.2, 0.25) is 0 Å². The van der Waals surface area contributed by atoms with Crippen LogP contribution in [0.5, 0.6) is 0 Å². The molecule has 0 N–H and O–H groups in total. The zero-order chi connectivity index (χ0) is 7.26. The van der Waals surface area contributed by atoms with Gasteiger partial charge < -0.3 is 0 Å². The van der Waals surface area contributed by atoms with Crippen LogP contribution < -0.4 is 0 Å². The van der Waals surface area contributed by atoms with Crippen LogP contribution in [0.1, 0.15) is 25.7 Å². The van der Waals surface area contributed by atoms with Crippen molar-refractivity contribution in [1.82, 2.24) is 0 Å². The number of rotatable bonds is 1. The molecule has 58 valence electrons. The molecule has 0 bridgehead atoms. The maximum Gasteiger partial charge on any atom is 0.0496 e. The quantitative estimate of drug-likeness (QED) is 0.542. The van der Waals surface area contributed by atoms with Gasteiger partial charge in [0, 0.05) is 24.3 Å². The third-order valence-corrected chi connectivity index (χ3v) is 3.36. The number of fused-ring (bicyclic) bond motifs is 1. The van der Waals surface area contributed by atoms with Crippen molar-refractivity contribution in [2.75, 3.05) is 0 Å². The molecule has 0 aromatic carbocycles. The van der Waals surface area contributed by atoms with Gasteiger partial charge in [0.05, 0.1) is 0 Å². The van der Waals surface area contributed by atoms with Gasteiger partial charge in [0.25, 0.3) is 0 Å². The van der Waals surface area contributed by atoms with E-state index in [-0.39, 0.29) is 0 Å². The molecule has 0 aromatic heterocycles. The van der Waals surface area contributed by atoms with Gasteiger partial charge in [-0.05, 0) is 24.7 Å². The van der Waals surface area contributed by atoms with Crippen LogP contribution in [0.15, 0.2) is 10.2 Å². The Morgan fingerprint density at radius 3 is 2.73 bits per heavy atom. The highest BCUT2D eigenvalue weighted by atomic mass is 15.2. The van der Waals surface area contributed by atoms with Crippen molar-refractivity contribution in [2.45, 2.75) is 25.7 Å². The lowest BCUT2D eigenvalue weighted by Crippen LogP contribution is -2.02. The summed E-state index contributed by atoms with van der Waals surface area (Å²) in [4.78, 5) is 0. The fraction of sp³-hybridized carbons (Fsp3) is 0.778. The van der Waals surface area contributed by atoms with Gasteiger partial charge in [0.15, 0.2) is 0 Å². The number of nitrogens with zero attached hydrogens (tertiary/aromatic N) is 2. The molecule has 1 heterocycles. The van der Waals surface area contributed by atoms with Crippen molar-refractivity contribution in [2.24, 2.45) is 28.0 Å². The van der Waals surface area contributed by atoms with Crippen molar-refractivity contribution >= 4 is 11.9 Å². The SMILES string of the molecule is C1=NN=C(C2[C@H]3CCC[C@@H]23)C1. The predicted octanol–water partition coefficient (Wildman–Crippen LogP) is 1.86. The van der Waals surface area contributed by atoms with E-state index in [4.69, 9.17) is 0 Å². The summed E-state index contributed by atoms with van der Waals surface area (Å²) in [6, 6.07) is 0. The molecule has 2 saturated carbocycles. The van der Waals surface area contributed by atoms with E-state index in [2.05, 4.69) is 10.2 Å². The van der Waals surface area contributed by atoms with Crippen molar-refractivity contribution in [1.29, 1.82) is 0 Å². The third kappa shape index (κ3) is 0.725. The summed E-state index contributed by atoms with van der Waals surface area (Å²) in [6.45, 7) is 0. The van der Waals surface area contributed by atoms with E-state index in [0.717, 1.165) is 24.2 Å². The van der Waals surface area contributed by atoms with Gasteiger partial charge in [-0.3, -0.25) is 0 Å². The van der Waals surface area contributed by atoms with Gasteiger partial charge >= 0.3 is 0 Å². The first kappa shape index (κ1) is 5.92. The molecular weight excluding hydrogens is 136 g/mol. The lowest BCUT2D eigenvalue weighted by molar-refractivity contribution is 0.681. The highest BCUT2D eigenvalue weighted by Crippen LogP contribution is 2.58. The van der Waals surface area contributed by atoms with Crippen LogP contribution in [0.25, 0.3) is 0 Å². The molecule has 2 heteroatoms. The molecule has 3 rings (SSSR count). The minimum Gasteiger partial charge on any atom is -0.163 e. The molecule has 0 amide bonds. The molecule has 0 spiro atoms. The van der Waals surface area contributed by atoms with Gasteiger partial charge in [-0.25, -0.2) is 0 Å². The second-order valence-electron chi connectivity index (χ2n) is 3.88. The molecule has 2 nitrogen and oxygen atoms in total. The van der Waals surface area contributed by atoms with Crippen LogP contribution in [0.3, 0.4) is 0 Å². The molecule has 0 radical (unpaired) electrons. The van der Waals surface area contributed by atoms with Crippen molar-refractivity contribution < 1.29 is 0 Å². The molecule has 3 aliphatic rings. The average Bonchev–Trinajstić information content (AvgIpc) is 2.57. The molecule has 11 heavy (non-hydrogen) atoms. The zero-order valence-electron chi connectivity index (χ0n) is 6.53. The molecule has 0 aromatic rings. The Labute approximate surface area is 66.4 Å². The summed E-state index contributed by atoms with van der Waals surface area (Å²) in [5.74, 6) is 2.87. The minimum atomic E-state index is 0.853. The van der Waals surface area contributed by atoms with E-state index in [1.54, 1.807) is 0 Å². The van der Waals surface area contributed by atoms with Crippen LogP contribution in [0.4, 0.5) is 0 Å². The fourth-order valence-electron chi connectivity index (χ4n) is 2.81. The first-order valence-electron chi connectivity index (χ1n) is 4.55. The lowest BCUT2D eigenvalue weighted by Gasteiger charge is -1.99. The number of hydrogen-bond donors (Lipinski definition) is 0. The van der Waals surface area contributed by atoms with Crippen molar-refractivity contribution in [3.63, 3.8) is 0 Å². The van der Waals surface area contributed by atoms with E-state index in [1.165, 1.54) is 25.0 Å². The smallest absolute Gasteiger partial charge is 0.0496 e. The Morgan fingerprint density at radius 2 is 2.09 bits per heavy atom. The number of hydrogen-bond acceptors (Lipinski definition) is 2. The highest BCUT2D eigenvalue weighted by molar-refractivity contribution is 6.01. The lowest BCUT2D eigenvalue weighted by atomic mass is 10.1. The van der Waals surface area contributed by atoms with Crippen LogP contribution in [-0.4, -0.2) is 11.9 Å². The minimum absolute atomic E-state index is 0.853. The normalized spacial score (nSPS) is 45.8. The fourth-order valence-corrected chi connectivity index (χ4v) is 2.81. The second kappa shape index (κ2) is 1.93. The molecule has 0 saturated heterocycles. The Bertz CT molecular complexity index is 232. The van der Waals surface area contributed by atoms with E-state index in [1.807, 2.05) is 6.21 Å². The summed E-state index contributed by atoms with van der Waals surface area (Å²) in [5, 5.41) is 8.08. The van der Waals surface area contributed by atoms with Gasteiger partial charge in [-0.15, -0.1) is 0 Å². The summed E-state index contributed by atoms with van der Waals surface area (Å²) < 4.78 is 0. The molecule has 3 atom stereocenters. The van der Waals surface area contributed by atoms with Gasteiger partial charge in [-0.2, -0.15) is 10.2 Å². The average molecular weight is 148 g/mol. The molecule has 1 aliphatic heterocycles. The topological polar surface area (TPSA) is 24.7 Å². The van der Waals surface area contributed by atoms with Gasteiger partial charge in [-0.1, -0.05) is 6.42 Å². The monoisotopic (exact) mass is 148 g/mol. The Morgan fingerprint density at radius 1 is 1.27 bits per heavy atom. The van der Waals surface area contributed by atoms with Gasteiger partial charge in [0.2, 0.25) is 0 Å². The van der Waals surface area contributed by atoms with Crippen molar-refractivity contribution in [3.8, 4) is 0 Å². The van der Waals surface area contributed by atoms with Crippen molar-refractivity contribution in [3.05, 3.63) is 0 Å². The summed E-state index contributed by atoms with van der Waals surface area (Å²) in [6.07, 6.45) is 7.34. The Balaban J connectivity index is 1.75. The van der Waals surface area contributed by atoms with Gasteiger partial charge in [0.1, 0.15) is 0 Å². The predicted molar refractivity (Wildman–Crippen MR) is 44.9 cm³/mol. The third-order valence-electron chi connectivity index (χ3n) is 3.36. The molecular formula is C9H12N2. The maximum absolute atomic E-state index is 4.17. The zero-order valence-corrected chi connectivity index (χ0v) is 6.53. The van der Waals surface area contributed by atoms with E-state index < -0.39 is 0 Å². The first-order valence-corrected chi connectivity index (χ1v) is 4.55. The summed E-state index contributed by atoms with van der Waals surface area (Å²) in [7, 11) is 0. The summed E-state index contributed by atoms with van der Waals surface area (Å²) >= 11 is 0. The van der Waals surface area contributed by atoms with E-state index >= 15 is 0 Å². The van der Waals surface area contributed by atoms with E-state index in [0.29, 0.717) is 0 Å². The second-order valence-corrected chi connectivity index (χ2v) is 3.88. The van der Waals surface area contributed by atoms with Crippen LogP contribution >= 0.6 is 0 Å². The van der Waals surface area contributed by atoms with Crippen LogP contribution in [0, 0.1) is 17.8 Å².